The van der Waals surface area contributed by atoms with E-state index in [1.807, 2.05) is 32.0 Å². The van der Waals surface area contributed by atoms with Crippen LogP contribution in [-0.2, 0) is 6.54 Å². The number of aryl methyl sites for hydroxylation is 1. The predicted molar refractivity (Wildman–Crippen MR) is 137 cm³/mol. The second-order valence-electron chi connectivity index (χ2n) is 9.22. The maximum Gasteiger partial charge on any atom is 0.252 e. The second kappa shape index (κ2) is 9.70. The van der Waals surface area contributed by atoms with E-state index in [9.17, 15) is 9.90 Å². The molecule has 1 fully saturated rings. The van der Waals surface area contributed by atoms with Crippen molar-refractivity contribution in [1.82, 2.24) is 20.6 Å². The third-order valence-electron chi connectivity index (χ3n) is 6.66. The molecule has 176 valence electrons. The number of imidazole rings is 1. The maximum atomic E-state index is 13.0. The zero-order chi connectivity index (χ0) is 23.7. The number of H-pyrrole nitrogens is 1. The summed E-state index contributed by atoms with van der Waals surface area (Å²) in [4.78, 5) is 22.9. The number of benzene rings is 2. The molecule has 2 aromatic carbocycles. The number of hydrogen-bond donors (Lipinski definition) is 4. The van der Waals surface area contributed by atoms with E-state index in [-0.39, 0.29) is 18.1 Å². The quantitative estimate of drug-likeness (QED) is 0.300. The summed E-state index contributed by atoms with van der Waals surface area (Å²) in [7, 11) is 0. The smallest absolute Gasteiger partial charge is 0.252 e. The summed E-state index contributed by atoms with van der Waals surface area (Å²) in [5.74, 6) is -0.0955. The number of amides is 1. The number of rotatable bonds is 7. The Labute approximate surface area is 203 Å². The zero-order valence-electron chi connectivity index (χ0n) is 19.5. The largest absolute Gasteiger partial charge is 0.393 e. The number of nitrogens with zero attached hydrogens (tertiary/aromatic N) is 1. The third-order valence-corrected chi connectivity index (χ3v) is 7.80. The average molecular weight is 475 g/mol. The number of carbonyl (C=O) groups excluding carboxylic acids is 1. The predicted octanol–water partition coefficient (Wildman–Crippen LogP) is 5.09. The second-order valence-corrected chi connectivity index (χ2v) is 10.4. The highest BCUT2D eigenvalue weighted by atomic mass is 32.1. The molecule has 2 heterocycles. The highest BCUT2D eigenvalue weighted by Gasteiger charge is 2.22. The first-order chi connectivity index (χ1) is 16.5. The van der Waals surface area contributed by atoms with E-state index in [0.717, 1.165) is 53.5 Å². The zero-order valence-corrected chi connectivity index (χ0v) is 20.3. The molecule has 0 saturated heterocycles. The highest BCUT2D eigenvalue weighted by Crippen LogP contribution is 2.30. The molecule has 7 heteroatoms. The van der Waals surface area contributed by atoms with Crippen LogP contribution in [0, 0.1) is 6.92 Å². The number of aromatic nitrogens is 2. The molecule has 5 rings (SSSR count). The number of aromatic amines is 1. The lowest BCUT2D eigenvalue weighted by atomic mass is 10.0. The Bertz CT molecular complexity index is 1310. The SMILES string of the molecule is Cc1cc2[nH]cnc2cc1C(=O)N[C@H](C)c1cccc(-c2ccc(CN[C@H]3CC[C@@H](O)C3)s2)c1. The summed E-state index contributed by atoms with van der Waals surface area (Å²) < 4.78 is 0. The van der Waals surface area contributed by atoms with Gasteiger partial charge in [-0.1, -0.05) is 18.2 Å². The van der Waals surface area contributed by atoms with E-state index in [1.165, 1.54) is 9.75 Å². The van der Waals surface area contributed by atoms with E-state index in [2.05, 4.69) is 50.9 Å². The van der Waals surface area contributed by atoms with Gasteiger partial charge >= 0.3 is 0 Å². The molecule has 1 aliphatic rings. The van der Waals surface area contributed by atoms with Gasteiger partial charge in [-0.15, -0.1) is 11.3 Å². The molecule has 1 amide bonds. The van der Waals surface area contributed by atoms with Crippen LogP contribution in [-0.4, -0.2) is 33.1 Å². The first kappa shape index (κ1) is 22.8. The lowest BCUT2D eigenvalue weighted by Gasteiger charge is -2.16. The van der Waals surface area contributed by atoms with Crippen LogP contribution in [0.2, 0.25) is 0 Å². The van der Waals surface area contributed by atoms with Gasteiger partial charge in [-0.2, -0.15) is 0 Å². The third kappa shape index (κ3) is 4.92. The summed E-state index contributed by atoms with van der Waals surface area (Å²) in [6.07, 6.45) is 4.27. The van der Waals surface area contributed by atoms with E-state index < -0.39 is 0 Å². The van der Waals surface area contributed by atoms with Gasteiger partial charge in [0.2, 0.25) is 0 Å². The molecule has 0 aliphatic heterocycles. The van der Waals surface area contributed by atoms with E-state index in [4.69, 9.17) is 0 Å². The summed E-state index contributed by atoms with van der Waals surface area (Å²) in [5, 5.41) is 16.4. The molecule has 0 bridgehead atoms. The van der Waals surface area contributed by atoms with Crippen LogP contribution in [0.1, 0.15) is 58.6 Å². The summed E-state index contributed by atoms with van der Waals surface area (Å²) in [6.45, 7) is 4.78. The molecule has 1 aliphatic carbocycles. The Morgan fingerprint density at radius 1 is 1.24 bits per heavy atom. The van der Waals surface area contributed by atoms with Gasteiger partial charge in [0.25, 0.3) is 5.91 Å². The first-order valence-electron chi connectivity index (χ1n) is 11.8. The number of thiophene rings is 1. The molecule has 0 unspecified atom stereocenters. The van der Waals surface area contributed by atoms with Crippen molar-refractivity contribution in [3.8, 4) is 10.4 Å². The van der Waals surface area contributed by atoms with Gasteiger partial charge in [0.1, 0.15) is 0 Å². The standard InChI is InChI=1S/C27H30N4O2S/c1-16-10-24-25(30-15-29-24)13-23(16)27(33)31-17(2)18-4-3-5-19(11-18)26-9-8-22(34-26)14-28-20-6-7-21(32)12-20/h3-5,8-11,13,15,17,20-21,28,32H,6-7,12,14H2,1-2H3,(H,29,30)(H,31,33)/t17-,20+,21-/m1/s1. The van der Waals surface area contributed by atoms with Crippen LogP contribution in [0.25, 0.3) is 21.5 Å². The van der Waals surface area contributed by atoms with Gasteiger partial charge in [0.05, 0.1) is 29.5 Å². The lowest BCUT2D eigenvalue weighted by Crippen LogP contribution is -2.27. The minimum absolute atomic E-state index is 0.0955. The molecular weight excluding hydrogens is 444 g/mol. The van der Waals surface area contributed by atoms with Crippen LogP contribution >= 0.6 is 11.3 Å². The molecule has 4 N–H and O–H groups in total. The maximum absolute atomic E-state index is 13.0. The molecule has 0 radical (unpaired) electrons. The number of carbonyl (C=O) groups is 1. The van der Waals surface area contributed by atoms with Crippen LogP contribution in [0.3, 0.4) is 0 Å². The van der Waals surface area contributed by atoms with Crippen LogP contribution in [0.5, 0.6) is 0 Å². The number of fused-ring (bicyclic) bond motifs is 1. The molecular formula is C27H30N4O2S. The molecule has 2 aromatic heterocycles. The van der Waals surface area contributed by atoms with Crippen molar-refractivity contribution in [2.45, 2.75) is 57.8 Å². The average Bonchev–Trinajstić information content (AvgIpc) is 3.58. The Morgan fingerprint density at radius 2 is 2.12 bits per heavy atom. The van der Waals surface area contributed by atoms with Gasteiger partial charge < -0.3 is 20.7 Å². The molecule has 0 spiro atoms. The van der Waals surface area contributed by atoms with Gasteiger partial charge in [0, 0.05) is 27.9 Å². The van der Waals surface area contributed by atoms with Crippen LogP contribution < -0.4 is 10.6 Å². The van der Waals surface area contributed by atoms with Gasteiger partial charge in [-0.25, -0.2) is 4.98 Å². The number of aliphatic hydroxyl groups excluding tert-OH is 1. The van der Waals surface area contributed by atoms with Crippen molar-refractivity contribution in [2.75, 3.05) is 0 Å². The van der Waals surface area contributed by atoms with Gasteiger partial charge in [0.15, 0.2) is 0 Å². The molecule has 6 nitrogen and oxygen atoms in total. The fourth-order valence-electron chi connectivity index (χ4n) is 4.67. The summed E-state index contributed by atoms with van der Waals surface area (Å²) in [5.41, 5.74) is 5.51. The molecule has 1 saturated carbocycles. The molecule has 3 atom stereocenters. The highest BCUT2D eigenvalue weighted by molar-refractivity contribution is 7.15. The van der Waals surface area contributed by atoms with Gasteiger partial charge in [-0.05, 0) is 80.1 Å². The van der Waals surface area contributed by atoms with Crippen molar-refractivity contribution in [1.29, 1.82) is 0 Å². The van der Waals surface area contributed by atoms with Crippen molar-refractivity contribution in [2.24, 2.45) is 0 Å². The van der Waals surface area contributed by atoms with Crippen molar-refractivity contribution < 1.29 is 9.90 Å². The topological polar surface area (TPSA) is 90.0 Å². The fourth-order valence-corrected chi connectivity index (χ4v) is 5.62. The Morgan fingerprint density at radius 3 is 2.94 bits per heavy atom. The van der Waals surface area contributed by atoms with E-state index in [1.54, 1.807) is 17.7 Å². The van der Waals surface area contributed by atoms with Crippen molar-refractivity contribution in [3.05, 3.63) is 76.4 Å². The van der Waals surface area contributed by atoms with Crippen molar-refractivity contribution >= 4 is 28.3 Å². The van der Waals surface area contributed by atoms with Crippen molar-refractivity contribution in [3.63, 3.8) is 0 Å². The lowest BCUT2D eigenvalue weighted by molar-refractivity contribution is 0.0939. The summed E-state index contributed by atoms with van der Waals surface area (Å²) >= 11 is 1.78. The minimum atomic E-state index is -0.154. The minimum Gasteiger partial charge on any atom is -0.393 e. The van der Waals surface area contributed by atoms with Gasteiger partial charge in [-0.3, -0.25) is 4.79 Å². The monoisotopic (exact) mass is 474 g/mol. The van der Waals surface area contributed by atoms with Crippen LogP contribution in [0.4, 0.5) is 0 Å². The fraction of sp³-hybridized carbons (Fsp3) is 0.333. The molecule has 4 aromatic rings. The number of nitrogens with one attached hydrogen (secondary N) is 3. The molecule has 34 heavy (non-hydrogen) atoms. The normalized spacial score (nSPS) is 18.9. The Hall–Kier alpha value is -3.00. The Balaban J connectivity index is 1.25. The number of aliphatic hydroxyl groups is 1. The first-order valence-corrected chi connectivity index (χ1v) is 12.6. The Kier molecular flexibility index (Phi) is 6.50. The summed E-state index contributed by atoms with van der Waals surface area (Å²) in [6, 6.07) is 16.8. The van der Waals surface area contributed by atoms with Crippen LogP contribution in [0.15, 0.2) is 54.9 Å². The van der Waals surface area contributed by atoms with E-state index in [0.29, 0.717) is 11.6 Å². The van der Waals surface area contributed by atoms with E-state index >= 15 is 0 Å². The number of hydrogen-bond acceptors (Lipinski definition) is 5.